The number of aromatic amines is 1. The molecule has 1 fully saturated rings. The third-order valence-electron chi connectivity index (χ3n) is 4.88. The molecule has 7 nitrogen and oxygen atoms in total. The van der Waals surface area contributed by atoms with Crippen molar-refractivity contribution in [3.05, 3.63) is 39.8 Å². The summed E-state index contributed by atoms with van der Waals surface area (Å²) in [6.45, 7) is 6.49. The van der Waals surface area contributed by atoms with Crippen molar-refractivity contribution in [1.82, 2.24) is 14.2 Å². The molecule has 0 radical (unpaired) electrons. The highest BCUT2D eigenvalue weighted by atomic mass is 35.5. The number of aliphatic hydroxyl groups is 1. The van der Waals surface area contributed by atoms with Crippen molar-refractivity contribution >= 4 is 33.8 Å². The van der Waals surface area contributed by atoms with Crippen LogP contribution in [0.3, 0.4) is 0 Å². The molecule has 1 aliphatic rings. The summed E-state index contributed by atoms with van der Waals surface area (Å²) in [7, 11) is -3.53. The number of halogens is 1. The summed E-state index contributed by atoms with van der Waals surface area (Å²) in [5.41, 5.74) is 2.20. The van der Waals surface area contributed by atoms with Gasteiger partial charge in [-0.15, -0.1) is 23.7 Å². The van der Waals surface area contributed by atoms with Crippen molar-refractivity contribution < 1.29 is 13.5 Å². The molecule has 0 saturated carbocycles. The molecule has 28 heavy (non-hydrogen) atoms. The third-order valence-corrected chi connectivity index (χ3v) is 8.37. The normalized spacial score (nSPS) is 16.1. The van der Waals surface area contributed by atoms with E-state index in [1.807, 2.05) is 19.9 Å². The SMILES string of the molecule is CCc1cc(-c2ccc(S(=O)(=O)N3CCN(CCO)CC3)s2)c(C)[nH]c1=O.Cl. The lowest BCUT2D eigenvalue weighted by Crippen LogP contribution is -2.49. The Kier molecular flexibility index (Phi) is 7.83. The van der Waals surface area contributed by atoms with Crippen LogP contribution in [0.4, 0.5) is 0 Å². The van der Waals surface area contributed by atoms with Crippen LogP contribution < -0.4 is 5.56 Å². The fourth-order valence-electron chi connectivity index (χ4n) is 3.25. The molecule has 2 N–H and O–H groups in total. The molecule has 0 amide bonds. The maximum Gasteiger partial charge on any atom is 0.252 e. The van der Waals surface area contributed by atoms with Gasteiger partial charge in [0.25, 0.3) is 15.6 Å². The van der Waals surface area contributed by atoms with Crippen LogP contribution in [0.2, 0.25) is 0 Å². The second-order valence-electron chi connectivity index (χ2n) is 6.60. The van der Waals surface area contributed by atoms with Crippen LogP contribution in [0.1, 0.15) is 18.2 Å². The molecule has 3 heterocycles. The molecule has 0 aliphatic carbocycles. The van der Waals surface area contributed by atoms with E-state index < -0.39 is 10.0 Å². The second-order valence-corrected chi connectivity index (χ2v) is 9.85. The predicted molar refractivity (Wildman–Crippen MR) is 114 cm³/mol. The van der Waals surface area contributed by atoms with Crippen LogP contribution in [-0.4, -0.2) is 67.0 Å². The minimum Gasteiger partial charge on any atom is -0.395 e. The number of aromatic nitrogens is 1. The lowest BCUT2D eigenvalue weighted by Gasteiger charge is -2.33. The Hall–Kier alpha value is -1.23. The molecule has 10 heteroatoms. The molecule has 2 aromatic rings. The number of rotatable bonds is 6. The minimum atomic E-state index is -3.53. The first kappa shape index (κ1) is 23.1. The minimum absolute atomic E-state index is 0. The maximum atomic E-state index is 13.0. The highest BCUT2D eigenvalue weighted by Crippen LogP contribution is 2.33. The highest BCUT2D eigenvalue weighted by molar-refractivity contribution is 7.91. The zero-order chi connectivity index (χ0) is 19.6. The van der Waals surface area contributed by atoms with Gasteiger partial charge < -0.3 is 10.1 Å². The molecule has 0 bridgehead atoms. The Bertz CT molecular complexity index is 963. The fraction of sp³-hybridized carbons (Fsp3) is 0.500. The third kappa shape index (κ3) is 4.67. The van der Waals surface area contributed by atoms with E-state index in [-0.39, 0.29) is 24.6 Å². The molecule has 0 spiro atoms. The number of pyridine rings is 1. The van der Waals surface area contributed by atoms with Gasteiger partial charge in [-0.05, 0) is 31.5 Å². The molecule has 156 valence electrons. The van der Waals surface area contributed by atoms with Crippen LogP contribution in [0.25, 0.3) is 10.4 Å². The average molecular weight is 448 g/mol. The number of thiophene rings is 1. The van der Waals surface area contributed by atoms with Gasteiger partial charge in [0.2, 0.25) is 0 Å². The van der Waals surface area contributed by atoms with Crippen LogP contribution >= 0.6 is 23.7 Å². The largest absolute Gasteiger partial charge is 0.395 e. The van der Waals surface area contributed by atoms with E-state index in [9.17, 15) is 13.2 Å². The molecule has 1 aliphatic heterocycles. The lowest BCUT2D eigenvalue weighted by atomic mass is 10.1. The van der Waals surface area contributed by atoms with Crippen LogP contribution in [0, 0.1) is 6.92 Å². The van der Waals surface area contributed by atoms with Gasteiger partial charge >= 0.3 is 0 Å². The van der Waals surface area contributed by atoms with Crippen molar-refractivity contribution in [1.29, 1.82) is 0 Å². The summed E-state index contributed by atoms with van der Waals surface area (Å²) in [5, 5.41) is 9.02. The summed E-state index contributed by atoms with van der Waals surface area (Å²) in [4.78, 5) is 17.7. The van der Waals surface area contributed by atoms with E-state index in [0.29, 0.717) is 48.9 Å². The van der Waals surface area contributed by atoms with Gasteiger partial charge in [-0.2, -0.15) is 4.31 Å². The Morgan fingerprint density at radius 2 is 1.89 bits per heavy atom. The van der Waals surface area contributed by atoms with Crippen molar-refractivity contribution in [3.8, 4) is 10.4 Å². The smallest absolute Gasteiger partial charge is 0.252 e. The lowest BCUT2D eigenvalue weighted by molar-refractivity contribution is 0.151. The number of sulfonamides is 1. The van der Waals surface area contributed by atoms with Crippen LogP contribution in [-0.2, 0) is 16.4 Å². The van der Waals surface area contributed by atoms with Crippen LogP contribution in [0.5, 0.6) is 0 Å². The standard InChI is InChI=1S/C18H25N3O4S2.ClH/c1-3-14-12-15(13(2)19-18(14)23)16-4-5-17(26-16)27(24,25)21-8-6-20(7-9-21)10-11-22;/h4-5,12,22H,3,6-11H2,1-2H3,(H,19,23);1H. The quantitative estimate of drug-likeness (QED) is 0.702. The zero-order valence-corrected chi connectivity index (χ0v) is 18.4. The van der Waals surface area contributed by atoms with Crippen molar-refractivity contribution in [2.24, 2.45) is 0 Å². The first-order chi connectivity index (χ1) is 12.9. The number of H-pyrrole nitrogens is 1. The monoisotopic (exact) mass is 447 g/mol. The average Bonchev–Trinajstić information content (AvgIpc) is 3.13. The predicted octanol–water partition coefficient (Wildman–Crippen LogP) is 1.69. The summed E-state index contributed by atoms with van der Waals surface area (Å²) >= 11 is 1.23. The van der Waals surface area contributed by atoms with Crippen LogP contribution in [0.15, 0.2) is 27.2 Å². The number of piperazine rings is 1. The molecule has 0 aromatic carbocycles. The Balaban J connectivity index is 0.00000280. The number of hydrogen-bond acceptors (Lipinski definition) is 6. The molecule has 2 aromatic heterocycles. The van der Waals surface area contributed by atoms with Gasteiger partial charge in [0.1, 0.15) is 4.21 Å². The van der Waals surface area contributed by atoms with Gasteiger partial charge in [-0.25, -0.2) is 8.42 Å². The van der Waals surface area contributed by atoms with E-state index in [2.05, 4.69) is 9.88 Å². The first-order valence-electron chi connectivity index (χ1n) is 9.03. The summed E-state index contributed by atoms with van der Waals surface area (Å²) in [5.74, 6) is 0. The van der Waals surface area contributed by atoms with Gasteiger partial charge in [0.15, 0.2) is 0 Å². The van der Waals surface area contributed by atoms with E-state index in [4.69, 9.17) is 5.11 Å². The molecule has 3 rings (SSSR count). The number of hydrogen-bond donors (Lipinski definition) is 2. The topological polar surface area (TPSA) is 93.7 Å². The first-order valence-corrected chi connectivity index (χ1v) is 11.3. The van der Waals surface area contributed by atoms with Gasteiger partial charge in [-0.1, -0.05) is 6.92 Å². The summed E-state index contributed by atoms with van der Waals surface area (Å²) in [6, 6.07) is 5.30. The van der Waals surface area contributed by atoms with E-state index in [1.165, 1.54) is 15.6 Å². The number of aryl methyl sites for hydroxylation is 2. The van der Waals surface area contributed by atoms with Gasteiger partial charge in [0, 0.05) is 54.4 Å². The molecular weight excluding hydrogens is 422 g/mol. The highest BCUT2D eigenvalue weighted by Gasteiger charge is 2.29. The Labute approximate surface area is 175 Å². The molecular formula is C18H26ClN3O4S2. The Morgan fingerprint density at radius 1 is 1.21 bits per heavy atom. The fourth-order valence-corrected chi connectivity index (χ4v) is 6.21. The van der Waals surface area contributed by atoms with Crippen molar-refractivity contribution in [3.63, 3.8) is 0 Å². The van der Waals surface area contributed by atoms with Gasteiger partial charge in [-0.3, -0.25) is 9.69 Å². The molecule has 0 unspecified atom stereocenters. The molecule has 0 atom stereocenters. The van der Waals surface area contributed by atoms with Gasteiger partial charge in [0.05, 0.1) is 6.61 Å². The zero-order valence-electron chi connectivity index (χ0n) is 16.0. The summed E-state index contributed by atoms with van der Waals surface area (Å²) in [6.07, 6.45) is 0.622. The number of β-amino-alcohol motifs (C(OH)–C–C–N with tert-alkyl or cyclic N) is 1. The maximum absolute atomic E-state index is 13.0. The van der Waals surface area contributed by atoms with Crippen molar-refractivity contribution in [2.45, 2.75) is 24.5 Å². The number of aliphatic hydroxyl groups excluding tert-OH is 1. The van der Waals surface area contributed by atoms with E-state index >= 15 is 0 Å². The second kappa shape index (κ2) is 9.51. The van der Waals surface area contributed by atoms with Crippen molar-refractivity contribution in [2.75, 3.05) is 39.3 Å². The summed E-state index contributed by atoms with van der Waals surface area (Å²) < 4.78 is 27.8. The number of nitrogens with zero attached hydrogens (tertiary/aromatic N) is 2. The number of nitrogens with one attached hydrogen (secondary N) is 1. The Morgan fingerprint density at radius 3 is 2.50 bits per heavy atom. The molecule has 1 saturated heterocycles. The van der Waals surface area contributed by atoms with E-state index in [0.717, 1.165) is 16.1 Å². The van der Waals surface area contributed by atoms with E-state index in [1.54, 1.807) is 12.1 Å².